The number of hydrogen-bond acceptors (Lipinski definition) is 6. The van der Waals surface area contributed by atoms with Gasteiger partial charge in [-0.15, -0.1) is 0 Å². The second-order valence-corrected chi connectivity index (χ2v) is 6.20. The summed E-state index contributed by atoms with van der Waals surface area (Å²) < 4.78 is 15.6. The number of nitrogens with one attached hydrogen (secondary N) is 2. The Hall–Kier alpha value is -3.26. The summed E-state index contributed by atoms with van der Waals surface area (Å²) in [6, 6.07) is 12.3. The monoisotopic (exact) mass is 385 g/mol. The fourth-order valence-electron chi connectivity index (χ4n) is 2.74. The highest BCUT2D eigenvalue weighted by Crippen LogP contribution is 2.34. The van der Waals surface area contributed by atoms with Crippen LogP contribution in [0.5, 0.6) is 17.2 Å². The summed E-state index contributed by atoms with van der Waals surface area (Å²) in [5, 5.41) is 5.62. The lowest BCUT2D eigenvalue weighted by atomic mass is 10.2. The first kappa shape index (κ1) is 19.5. The van der Waals surface area contributed by atoms with Gasteiger partial charge in [0.05, 0.1) is 20.2 Å². The molecule has 0 atom stereocenters. The van der Waals surface area contributed by atoms with Gasteiger partial charge < -0.3 is 24.8 Å². The van der Waals surface area contributed by atoms with E-state index in [9.17, 15) is 9.59 Å². The minimum atomic E-state index is -0.210. The number of likely N-dealkylation sites (N-methyl/N-ethyl adjacent to an activating group) is 1. The number of fused-ring (bicyclic) bond motifs is 1. The van der Waals surface area contributed by atoms with Crippen molar-refractivity contribution in [3.8, 4) is 17.2 Å². The molecule has 0 saturated carbocycles. The van der Waals surface area contributed by atoms with E-state index in [0.717, 1.165) is 0 Å². The van der Waals surface area contributed by atoms with Crippen LogP contribution in [0.3, 0.4) is 0 Å². The fraction of sp³-hybridized carbons (Fsp3) is 0.300. The Kier molecular flexibility index (Phi) is 6.33. The number of ether oxygens (including phenoxy) is 3. The van der Waals surface area contributed by atoms with Gasteiger partial charge in [0.25, 0.3) is 0 Å². The number of benzene rings is 2. The first-order chi connectivity index (χ1) is 13.6. The SMILES string of the molecule is CCN(CC(=O)Nc1ccc(OC)cc1)CC(=O)Nc1ccc2c(c1)OCO2. The average molecular weight is 385 g/mol. The molecule has 8 heteroatoms. The summed E-state index contributed by atoms with van der Waals surface area (Å²) in [5.41, 5.74) is 1.29. The van der Waals surface area contributed by atoms with Crippen molar-refractivity contribution in [3.05, 3.63) is 42.5 Å². The van der Waals surface area contributed by atoms with Crippen molar-refractivity contribution in [2.45, 2.75) is 6.92 Å². The Morgan fingerprint density at radius 3 is 2.21 bits per heavy atom. The van der Waals surface area contributed by atoms with Crippen LogP contribution in [0.4, 0.5) is 11.4 Å². The van der Waals surface area contributed by atoms with Crippen molar-refractivity contribution >= 4 is 23.2 Å². The molecule has 2 N–H and O–H groups in total. The lowest BCUT2D eigenvalue weighted by molar-refractivity contribution is -0.119. The lowest BCUT2D eigenvalue weighted by Crippen LogP contribution is -2.38. The number of carbonyl (C=O) groups excluding carboxylic acids is 2. The van der Waals surface area contributed by atoms with Crippen molar-refractivity contribution in [1.29, 1.82) is 0 Å². The summed E-state index contributed by atoms with van der Waals surface area (Å²) in [5.74, 6) is 1.57. The van der Waals surface area contributed by atoms with Gasteiger partial charge in [-0.25, -0.2) is 0 Å². The lowest BCUT2D eigenvalue weighted by Gasteiger charge is -2.19. The highest BCUT2D eigenvalue weighted by Gasteiger charge is 2.16. The molecule has 0 bridgehead atoms. The third-order valence-electron chi connectivity index (χ3n) is 4.21. The first-order valence-corrected chi connectivity index (χ1v) is 8.93. The van der Waals surface area contributed by atoms with E-state index in [4.69, 9.17) is 14.2 Å². The molecular formula is C20H23N3O5. The minimum Gasteiger partial charge on any atom is -0.497 e. The Balaban J connectivity index is 1.49. The van der Waals surface area contributed by atoms with Gasteiger partial charge in [-0.2, -0.15) is 0 Å². The molecule has 3 rings (SSSR count). The smallest absolute Gasteiger partial charge is 0.238 e. The van der Waals surface area contributed by atoms with E-state index in [1.165, 1.54) is 0 Å². The predicted molar refractivity (Wildman–Crippen MR) is 105 cm³/mol. The number of methoxy groups -OCH3 is 1. The van der Waals surface area contributed by atoms with Crippen LogP contribution in [-0.4, -0.2) is 50.3 Å². The number of hydrogen-bond donors (Lipinski definition) is 2. The van der Waals surface area contributed by atoms with E-state index in [1.54, 1.807) is 54.5 Å². The molecule has 2 amide bonds. The number of amides is 2. The van der Waals surface area contributed by atoms with E-state index in [2.05, 4.69) is 10.6 Å². The third-order valence-corrected chi connectivity index (χ3v) is 4.21. The van der Waals surface area contributed by atoms with E-state index in [1.807, 2.05) is 6.92 Å². The molecule has 0 unspecified atom stereocenters. The van der Waals surface area contributed by atoms with Crippen LogP contribution in [0.2, 0.25) is 0 Å². The van der Waals surface area contributed by atoms with Crippen molar-refractivity contribution in [1.82, 2.24) is 4.90 Å². The first-order valence-electron chi connectivity index (χ1n) is 8.93. The van der Waals surface area contributed by atoms with Crippen molar-refractivity contribution < 1.29 is 23.8 Å². The Labute approximate surface area is 163 Å². The van der Waals surface area contributed by atoms with Gasteiger partial charge >= 0.3 is 0 Å². The quantitative estimate of drug-likeness (QED) is 0.725. The van der Waals surface area contributed by atoms with Crippen molar-refractivity contribution in [3.63, 3.8) is 0 Å². The van der Waals surface area contributed by atoms with Gasteiger partial charge in [0.1, 0.15) is 5.75 Å². The van der Waals surface area contributed by atoms with Crippen molar-refractivity contribution in [2.75, 3.05) is 44.2 Å². The van der Waals surface area contributed by atoms with Gasteiger partial charge in [-0.3, -0.25) is 14.5 Å². The van der Waals surface area contributed by atoms with Gasteiger partial charge in [0, 0.05) is 17.4 Å². The maximum atomic E-state index is 12.3. The summed E-state index contributed by atoms with van der Waals surface area (Å²) in [4.78, 5) is 26.3. The summed E-state index contributed by atoms with van der Waals surface area (Å²) in [6.45, 7) is 2.84. The highest BCUT2D eigenvalue weighted by molar-refractivity contribution is 5.94. The van der Waals surface area contributed by atoms with E-state index in [-0.39, 0.29) is 31.7 Å². The molecule has 0 radical (unpaired) electrons. The molecular weight excluding hydrogens is 362 g/mol. The number of rotatable bonds is 8. The summed E-state index contributed by atoms with van der Waals surface area (Å²) in [6.07, 6.45) is 0. The molecule has 0 spiro atoms. The number of anilines is 2. The van der Waals surface area contributed by atoms with Crippen LogP contribution >= 0.6 is 0 Å². The second kappa shape index (κ2) is 9.09. The molecule has 0 fully saturated rings. The van der Waals surface area contributed by atoms with Gasteiger partial charge in [0.15, 0.2) is 11.5 Å². The number of nitrogens with zero attached hydrogens (tertiary/aromatic N) is 1. The zero-order valence-electron chi connectivity index (χ0n) is 15.9. The maximum Gasteiger partial charge on any atom is 0.238 e. The maximum absolute atomic E-state index is 12.3. The standard InChI is InChI=1S/C20H23N3O5/c1-3-23(11-19(24)21-14-4-7-16(26-2)8-5-14)12-20(25)22-15-6-9-17-18(10-15)28-13-27-17/h4-10H,3,11-13H2,1-2H3,(H,21,24)(H,22,25). The zero-order chi connectivity index (χ0) is 19.9. The highest BCUT2D eigenvalue weighted by atomic mass is 16.7. The van der Waals surface area contributed by atoms with Crippen LogP contribution in [0.15, 0.2) is 42.5 Å². The molecule has 1 heterocycles. The van der Waals surface area contributed by atoms with Crippen LogP contribution in [0.1, 0.15) is 6.92 Å². The summed E-state index contributed by atoms with van der Waals surface area (Å²) in [7, 11) is 1.58. The van der Waals surface area contributed by atoms with E-state index < -0.39 is 0 Å². The molecule has 1 aliphatic rings. The van der Waals surface area contributed by atoms with Gasteiger partial charge in [-0.1, -0.05) is 6.92 Å². The van der Waals surface area contributed by atoms with Gasteiger partial charge in [-0.05, 0) is 42.9 Å². The molecule has 1 aliphatic heterocycles. The topological polar surface area (TPSA) is 89.1 Å². The molecule has 0 aliphatic carbocycles. The largest absolute Gasteiger partial charge is 0.497 e. The molecule has 2 aromatic rings. The molecule has 8 nitrogen and oxygen atoms in total. The molecule has 0 aromatic heterocycles. The van der Waals surface area contributed by atoms with Crippen LogP contribution in [-0.2, 0) is 9.59 Å². The van der Waals surface area contributed by atoms with Crippen molar-refractivity contribution in [2.24, 2.45) is 0 Å². The average Bonchev–Trinajstić information content (AvgIpc) is 3.15. The molecule has 2 aromatic carbocycles. The second-order valence-electron chi connectivity index (χ2n) is 6.20. The molecule has 148 valence electrons. The van der Waals surface area contributed by atoms with E-state index >= 15 is 0 Å². The van der Waals surface area contributed by atoms with Crippen LogP contribution in [0, 0.1) is 0 Å². The molecule has 0 saturated heterocycles. The minimum absolute atomic E-state index is 0.0982. The van der Waals surface area contributed by atoms with Crippen LogP contribution < -0.4 is 24.8 Å². The summed E-state index contributed by atoms with van der Waals surface area (Å²) >= 11 is 0. The fourth-order valence-corrected chi connectivity index (χ4v) is 2.74. The molecule has 28 heavy (non-hydrogen) atoms. The Morgan fingerprint density at radius 1 is 0.964 bits per heavy atom. The van der Waals surface area contributed by atoms with E-state index in [0.29, 0.717) is 35.2 Å². The third kappa shape index (κ3) is 5.14. The normalized spacial score (nSPS) is 12.0. The van der Waals surface area contributed by atoms with Gasteiger partial charge in [0.2, 0.25) is 18.6 Å². The Morgan fingerprint density at radius 2 is 1.57 bits per heavy atom. The number of carbonyl (C=O) groups is 2. The zero-order valence-corrected chi connectivity index (χ0v) is 15.9. The predicted octanol–water partition coefficient (Wildman–Crippen LogP) is 2.32. The Bertz CT molecular complexity index is 838. The van der Waals surface area contributed by atoms with Crippen LogP contribution in [0.25, 0.3) is 0 Å².